The Morgan fingerprint density at radius 1 is 0.871 bits per heavy atom. The molecule has 0 bridgehead atoms. The molecule has 1 aromatic heterocycles. The van der Waals surface area contributed by atoms with Gasteiger partial charge in [0.25, 0.3) is 5.91 Å². The Hall–Kier alpha value is -3.67. The van der Waals surface area contributed by atoms with Gasteiger partial charge in [0.05, 0.1) is 5.92 Å². The molecule has 0 radical (unpaired) electrons. The molecule has 6 nitrogen and oxygen atoms in total. The second-order valence-corrected chi connectivity index (χ2v) is 7.92. The lowest BCUT2D eigenvalue weighted by atomic mass is 9.87. The third kappa shape index (κ3) is 3.77. The molecule has 0 aliphatic carbocycles. The van der Waals surface area contributed by atoms with E-state index >= 15 is 0 Å². The summed E-state index contributed by atoms with van der Waals surface area (Å²) in [5.41, 5.74) is 2.40. The molecular weight excluding hydrogens is 390 g/mol. The van der Waals surface area contributed by atoms with E-state index in [4.69, 9.17) is 4.74 Å². The lowest BCUT2D eigenvalue weighted by Gasteiger charge is -2.34. The number of likely N-dealkylation sites (tertiary alicyclic amines) is 1. The van der Waals surface area contributed by atoms with Crippen LogP contribution in [0.15, 0.2) is 73.1 Å². The Labute approximate surface area is 180 Å². The van der Waals surface area contributed by atoms with Crippen LogP contribution in [0.5, 0.6) is 11.5 Å². The fraction of sp³-hybridized carbons (Fsp3) is 0.240. The second-order valence-electron chi connectivity index (χ2n) is 7.92. The zero-order chi connectivity index (χ0) is 21.2. The Morgan fingerprint density at radius 3 is 2.06 bits per heavy atom. The summed E-state index contributed by atoms with van der Waals surface area (Å²) in [7, 11) is 0. The van der Waals surface area contributed by atoms with Crippen LogP contribution >= 0.6 is 0 Å². The quantitative estimate of drug-likeness (QED) is 0.710. The molecule has 156 valence electrons. The second kappa shape index (κ2) is 8.22. The fourth-order valence-electron chi connectivity index (χ4n) is 4.38. The lowest BCUT2D eigenvalue weighted by molar-refractivity contribution is -0.122. The summed E-state index contributed by atoms with van der Waals surface area (Å²) in [5, 5.41) is 3.23. The Kier molecular flexibility index (Phi) is 5.12. The predicted octanol–water partition coefficient (Wildman–Crippen LogP) is 3.74. The molecule has 2 aliphatic heterocycles. The number of aromatic nitrogens is 1. The van der Waals surface area contributed by atoms with Crippen LogP contribution in [0.25, 0.3) is 0 Å². The zero-order valence-corrected chi connectivity index (χ0v) is 17.0. The number of fused-ring (bicyclic) bond motifs is 2. The van der Waals surface area contributed by atoms with E-state index in [9.17, 15) is 9.59 Å². The van der Waals surface area contributed by atoms with Crippen LogP contribution in [0, 0.1) is 0 Å². The minimum absolute atomic E-state index is 0.0134. The summed E-state index contributed by atoms with van der Waals surface area (Å²) in [4.78, 5) is 31.8. The summed E-state index contributed by atoms with van der Waals surface area (Å²) in [6, 6.07) is 18.9. The number of piperidine rings is 1. The summed E-state index contributed by atoms with van der Waals surface area (Å²) >= 11 is 0. The monoisotopic (exact) mass is 413 g/mol. The zero-order valence-electron chi connectivity index (χ0n) is 17.0. The predicted molar refractivity (Wildman–Crippen MR) is 116 cm³/mol. The molecule has 0 atom stereocenters. The normalized spacial score (nSPS) is 16.1. The number of hydrogen-bond donors (Lipinski definition) is 1. The van der Waals surface area contributed by atoms with Crippen molar-refractivity contribution in [1.29, 1.82) is 0 Å². The fourth-order valence-corrected chi connectivity index (χ4v) is 4.38. The summed E-state index contributed by atoms with van der Waals surface area (Å²) < 4.78 is 6.00. The molecule has 3 heterocycles. The van der Waals surface area contributed by atoms with E-state index in [0.717, 1.165) is 35.5 Å². The molecule has 3 aromatic rings. The van der Waals surface area contributed by atoms with Crippen molar-refractivity contribution in [3.8, 4) is 11.5 Å². The molecule has 2 amide bonds. The smallest absolute Gasteiger partial charge is 0.253 e. The number of ether oxygens (including phenoxy) is 1. The van der Waals surface area contributed by atoms with Gasteiger partial charge in [0, 0.05) is 48.2 Å². The highest BCUT2D eigenvalue weighted by Crippen LogP contribution is 2.44. The highest BCUT2D eigenvalue weighted by molar-refractivity contribution is 5.94. The van der Waals surface area contributed by atoms with Gasteiger partial charge in [0.1, 0.15) is 11.5 Å². The van der Waals surface area contributed by atoms with Crippen molar-refractivity contribution in [3.63, 3.8) is 0 Å². The van der Waals surface area contributed by atoms with Gasteiger partial charge in [0.2, 0.25) is 5.91 Å². The van der Waals surface area contributed by atoms with Gasteiger partial charge in [-0.3, -0.25) is 14.6 Å². The van der Waals surface area contributed by atoms with Crippen molar-refractivity contribution in [2.45, 2.75) is 24.8 Å². The van der Waals surface area contributed by atoms with Crippen LogP contribution < -0.4 is 10.1 Å². The molecule has 6 heteroatoms. The van der Waals surface area contributed by atoms with Gasteiger partial charge in [-0.1, -0.05) is 36.4 Å². The van der Waals surface area contributed by atoms with Crippen LogP contribution in [0.4, 0.5) is 0 Å². The van der Waals surface area contributed by atoms with Crippen molar-refractivity contribution in [1.82, 2.24) is 15.2 Å². The Bertz CT molecular complexity index is 1060. The topological polar surface area (TPSA) is 71.5 Å². The van der Waals surface area contributed by atoms with Gasteiger partial charge >= 0.3 is 0 Å². The van der Waals surface area contributed by atoms with Crippen LogP contribution in [-0.2, 0) is 4.79 Å². The minimum Gasteiger partial charge on any atom is -0.457 e. The molecule has 31 heavy (non-hydrogen) atoms. The molecule has 0 saturated carbocycles. The molecule has 2 aromatic carbocycles. The van der Waals surface area contributed by atoms with Crippen LogP contribution in [0.3, 0.4) is 0 Å². The Balaban J connectivity index is 1.28. The van der Waals surface area contributed by atoms with Gasteiger partial charge in [0.15, 0.2) is 0 Å². The van der Waals surface area contributed by atoms with Crippen molar-refractivity contribution in [2.24, 2.45) is 0 Å². The maximum Gasteiger partial charge on any atom is 0.253 e. The van der Waals surface area contributed by atoms with Gasteiger partial charge in [-0.05, 0) is 37.1 Å². The van der Waals surface area contributed by atoms with Gasteiger partial charge in [-0.25, -0.2) is 0 Å². The molecule has 1 N–H and O–H groups in total. The van der Waals surface area contributed by atoms with Crippen LogP contribution in [0.2, 0.25) is 0 Å². The standard InChI is InChI=1S/C25H23N3O3/c29-24(23-19-5-1-3-7-21(19)31-22-8-4-2-6-20(22)23)27-18-11-15-28(16-12-18)25(30)17-9-13-26-14-10-17/h1-10,13-14,18,23H,11-12,15-16H2,(H,27,29). The number of carbonyl (C=O) groups excluding carboxylic acids is 2. The molecular formula is C25H23N3O3. The first kappa shape index (κ1) is 19.3. The maximum absolute atomic E-state index is 13.4. The number of nitrogens with one attached hydrogen (secondary N) is 1. The Morgan fingerprint density at radius 2 is 1.45 bits per heavy atom. The third-order valence-electron chi connectivity index (χ3n) is 6.00. The van der Waals surface area contributed by atoms with Crippen molar-refractivity contribution >= 4 is 11.8 Å². The molecule has 0 unspecified atom stereocenters. The van der Waals surface area contributed by atoms with E-state index in [1.807, 2.05) is 53.4 Å². The van der Waals surface area contributed by atoms with E-state index in [-0.39, 0.29) is 17.9 Å². The van der Waals surface area contributed by atoms with Crippen molar-refractivity contribution in [2.75, 3.05) is 13.1 Å². The van der Waals surface area contributed by atoms with E-state index in [1.54, 1.807) is 24.5 Å². The van der Waals surface area contributed by atoms with E-state index in [2.05, 4.69) is 10.3 Å². The number of nitrogens with zero attached hydrogens (tertiary/aromatic N) is 2. The molecule has 0 spiro atoms. The summed E-state index contributed by atoms with van der Waals surface area (Å²) in [5.74, 6) is 1.03. The van der Waals surface area contributed by atoms with Gasteiger partial charge < -0.3 is 15.0 Å². The van der Waals surface area contributed by atoms with Gasteiger partial charge in [-0.2, -0.15) is 0 Å². The largest absolute Gasteiger partial charge is 0.457 e. The average molecular weight is 413 g/mol. The first-order chi connectivity index (χ1) is 15.2. The number of rotatable bonds is 3. The van der Waals surface area contributed by atoms with Crippen LogP contribution in [0.1, 0.15) is 40.2 Å². The highest BCUT2D eigenvalue weighted by atomic mass is 16.5. The first-order valence-corrected chi connectivity index (χ1v) is 10.6. The number of hydrogen-bond acceptors (Lipinski definition) is 4. The third-order valence-corrected chi connectivity index (χ3v) is 6.00. The number of carbonyl (C=O) groups is 2. The van der Waals surface area contributed by atoms with Crippen molar-refractivity contribution in [3.05, 3.63) is 89.7 Å². The van der Waals surface area contributed by atoms with Crippen molar-refractivity contribution < 1.29 is 14.3 Å². The van der Waals surface area contributed by atoms with Gasteiger partial charge in [-0.15, -0.1) is 0 Å². The lowest BCUT2D eigenvalue weighted by Crippen LogP contribution is -2.47. The van der Waals surface area contributed by atoms with E-state index in [1.165, 1.54) is 0 Å². The van der Waals surface area contributed by atoms with E-state index in [0.29, 0.717) is 18.7 Å². The number of para-hydroxylation sites is 2. The highest BCUT2D eigenvalue weighted by Gasteiger charge is 2.34. The maximum atomic E-state index is 13.4. The molecule has 1 fully saturated rings. The minimum atomic E-state index is -0.405. The molecule has 1 saturated heterocycles. The first-order valence-electron chi connectivity index (χ1n) is 10.6. The SMILES string of the molecule is O=C(NC1CCN(C(=O)c2ccncc2)CC1)C1c2ccccc2Oc2ccccc21. The number of amides is 2. The number of benzene rings is 2. The summed E-state index contributed by atoms with van der Waals surface area (Å²) in [6.07, 6.45) is 4.72. The van der Waals surface area contributed by atoms with E-state index < -0.39 is 5.92 Å². The molecule has 2 aliphatic rings. The molecule has 5 rings (SSSR count). The summed E-state index contributed by atoms with van der Waals surface area (Å²) in [6.45, 7) is 1.24. The van der Waals surface area contributed by atoms with Crippen LogP contribution in [-0.4, -0.2) is 40.8 Å². The number of pyridine rings is 1. The average Bonchev–Trinajstić information content (AvgIpc) is 2.83.